The van der Waals surface area contributed by atoms with Crippen LogP contribution < -0.4 is 5.73 Å². The third-order valence-corrected chi connectivity index (χ3v) is 3.90. The molecule has 3 rings (SSSR count). The third kappa shape index (κ3) is 1.70. The van der Waals surface area contributed by atoms with E-state index in [0.29, 0.717) is 17.2 Å². The molecule has 1 aliphatic carbocycles. The van der Waals surface area contributed by atoms with Gasteiger partial charge in [-0.05, 0) is 24.3 Å². The second-order valence-corrected chi connectivity index (χ2v) is 5.92. The molecule has 94 valence electrons. The SMILES string of the molecule is Cc1cccc(-c2c(C3CC3(C)C)noc2N)c1. The van der Waals surface area contributed by atoms with Crippen molar-refractivity contribution in [2.75, 3.05) is 5.73 Å². The normalized spacial score (nSPS) is 20.9. The highest BCUT2D eigenvalue weighted by molar-refractivity contribution is 5.76. The van der Waals surface area contributed by atoms with Crippen LogP contribution in [0, 0.1) is 12.3 Å². The van der Waals surface area contributed by atoms with Gasteiger partial charge in [0.05, 0.1) is 11.3 Å². The van der Waals surface area contributed by atoms with Gasteiger partial charge in [0.2, 0.25) is 5.88 Å². The number of anilines is 1. The standard InChI is InChI=1S/C15H18N2O/c1-9-5-4-6-10(7-9)12-13(17-18-14(12)16)11-8-15(11,2)3/h4-7,11H,8,16H2,1-3H3. The van der Waals surface area contributed by atoms with Crippen LogP contribution in [0.15, 0.2) is 28.8 Å². The lowest BCUT2D eigenvalue weighted by molar-refractivity contribution is 0.424. The third-order valence-electron chi connectivity index (χ3n) is 3.90. The van der Waals surface area contributed by atoms with Crippen LogP contribution in [0.2, 0.25) is 0 Å². The quantitative estimate of drug-likeness (QED) is 0.872. The molecule has 0 saturated heterocycles. The number of hydrogen-bond acceptors (Lipinski definition) is 3. The molecule has 0 spiro atoms. The number of hydrogen-bond donors (Lipinski definition) is 1. The van der Waals surface area contributed by atoms with Crippen LogP contribution in [0.5, 0.6) is 0 Å². The number of nitrogen functional groups attached to an aromatic ring is 1. The zero-order valence-electron chi connectivity index (χ0n) is 11.0. The van der Waals surface area contributed by atoms with Crippen LogP contribution in [0.4, 0.5) is 5.88 Å². The van der Waals surface area contributed by atoms with Crippen LogP contribution in [0.25, 0.3) is 11.1 Å². The van der Waals surface area contributed by atoms with Crippen molar-refractivity contribution in [3.05, 3.63) is 35.5 Å². The lowest BCUT2D eigenvalue weighted by atomic mass is 9.98. The Labute approximate surface area is 107 Å². The summed E-state index contributed by atoms with van der Waals surface area (Å²) in [7, 11) is 0. The van der Waals surface area contributed by atoms with Gasteiger partial charge in [-0.2, -0.15) is 0 Å². The Kier molecular flexibility index (Phi) is 2.27. The fraction of sp³-hybridized carbons (Fsp3) is 0.400. The summed E-state index contributed by atoms with van der Waals surface area (Å²) in [5.41, 5.74) is 10.6. The average Bonchev–Trinajstić information content (AvgIpc) is 2.77. The molecular weight excluding hydrogens is 224 g/mol. The molecule has 3 heteroatoms. The molecule has 1 heterocycles. The minimum Gasteiger partial charge on any atom is -0.367 e. The first-order valence-corrected chi connectivity index (χ1v) is 6.31. The summed E-state index contributed by atoms with van der Waals surface area (Å²) in [6, 6.07) is 8.31. The Morgan fingerprint density at radius 1 is 1.39 bits per heavy atom. The largest absolute Gasteiger partial charge is 0.367 e. The second kappa shape index (κ2) is 3.61. The fourth-order valence-corrected chi connectivity index (χ4v) is 2.58. The fourth-order valence-electron chi connectivity index (χ4n) is 2.58. The molecule has 0 aliphatic heterocycles. The van der Waals surface area contributed by atoms with E-state index >= 15 is 0 Å². The lowest BCUT2D eigenvalue weighted by Crippen LogP contribution is -1.94. The van der Waals surface area contributed by atoms with Crippen molar-refractivity contribution >= 4 is 5.88 Å². The Bertz CT molecular complexity index is 598. The zero-order valence-corrected chi connectivity index (χ0v) is 11.0. The van der Waals surface area contributed by atoms with E-state index in [1.165, 1.54) is 5.56 Å². The van der Waals surface area contributed by atoms with Crippen LogP contribution in [0.1, 0.15) is 37.4 Å². The number of aromatic nitrogens is 1. The predicted octanol–water partition coefficient (Wildman–Crippen LogP) is 3.75. The highest BCUT2D eigenvalue weighted by atomic mass is 16.5. The molecule has 0 amide bonds. The van der Waals surface area contributed by atoms with Gasteiger partial charge in [-0.1, -0.05) is 48.8 Å². The second-order valence-electron chi connectivity index (χ2n) is 5.92. The van der Waals surface area contributed by atoms with Crippen LogP contribution >= 0.6 is 0 Å². The first-order chi connectivity index (χ1) is 8.49. The monoisotopic (exact) mass is 242 g/mol. The van der Waals surface area contributed by atoms with Crippen molar-refractivity contribution in [2.24, 2.45) is 5.41 Å². The van der Waals surface area contributed by atoms with E-state index in [1.54, 1.807) is 0 Å². The van der Waals surface area contributed by atoms with Gasteiger partial charge in [0.15, 0.2) is 0 Å². The molecule has 1 aromatic heterocycles. The molecule has 3 nitrogen and oxygen atoms in total. The minimum absolute atomic E-state index is 0.321. The van der Waals surface area contributed by atoms with Gasteiger partial charge in [0.1, 0.15) is 0 Å². The van der Waals surface area contributed by atoms with Crippen molar-refractivity contribution in [3.8, 4) is 11.1 Å². The summed E-state index contributed by atoms with van der Waals surface area (Å²) in [5.74, 6) is 0.896. The average molecular weight is 242 g/mol. The van der Waals surface area contributed by atoms with E-state index in [9.17, 15) is 0 Å². The highest BCUT2D eigenvalue weighted by Crippen LogP contribution is 2.60. The minimum atomic E-state index is 0.321. The molecule has 1 saturated carbocycles. The Morgan fingerprint density at radius 2 is 2.11 bits per heavy atom. The van der Waals surface area contributed by atoms with Gasteiger partial charge in [-0.15, -0.1) is 0 Å². The first kappa shape index (κ1) is 11.3. The Hall–Kier alpha value is -1.77. The van der Waals surface area contributed by atoms with E-state index < -0.39 is 0 Å². The van der Waals surface area contributed by atoms with E-state index in [1.807, 2.05) is 6.07 Å². The number of aryl methyl sites for hydroxylation is 1. The van der Waals surface area contributed by atoms with Crippen molar-refractivity contribution < 1.29 is 4.52 Å². The van der Waals surface area contributed by atoms with Gasteiger partial charge in [-0.25, -0.2) is 0 Å². The maximum atomic E-state index is 5.95. The maximum absolute atomic E-state index is 5.95. The van der Waals surface area contributed by atoms with Crippen molar-refractivity contribution in [2.45, 2.75) is 33.1 Å². The number of nitrogens with zero attached hydrogens (tertiary/aromatic N) is 1. The maximum Gasteiger partial charge on any atom is 0.230 e. The molecule has 1 aliphatic rings. The van der Waals surface area contributed by atoms with Crippen molar-refractivity contribution in [3.63, 3.8) is 0 Å². The number of benzene rings is 1. The van der Waals surface area contributed by atoms with Crippen LogP contribution in [0.3, 0.4) is 0 Å². The molecule has 2 aromatic rings. The van der Waals surface area contributed by atoms with Gasteiger partial charge in [0.25, 0.3) is 0 Å². The predicted molar refractivity (Wildman–Crippen MR) is 72.2 cm³/mol. The van der Waals surface area contributed by atoms with E-state index in [0.717, 1.165) is 23.2 Å². The summed E-state index contributed by atoms with van der Waals surface area (Å²) >= 11 is 0. The summed E-state index contributed by atoms with van der Waals surface area (Å²) in [4.78, 5) is 0. The molecule has 1 unspecified atom stereocenters. The zero-order chi connectivity index (χ0) is 12.9. The molecule has 0 radical (unpaired) electrons. The molecular formula is C15H18N2O. The van der Waals surface area contributed by atoms with E-state index in [-0.39, 0.29) is 0 Å². The van der Waals surface area contributed by atoms with Gasteiger partial charge in [0, 0.05) is 5.92 Å². The van der Waals surface area contributed by atoms with Crippen molar-refractivity contribution in [1.29, 1.82) is 0 Å². The first-order valence-electron chi connectivity index (χ1n) is 6.31. The Balaban J connectivity index is 2.09. The summed E-state index contributed by atoms with van der Waals surface area (Å²) in [6.07, 6.45) is 1.15. The lowest BCUT2D eigenvalue weighted by Gasteiger charge is -2.05. The highest BCUT2D eigenvalue weighted by Gasteiger charge is 2.49. The van der Waals surface area contributed by atoms with Crippen molar-refractivity contribution in [1.82, 2.24) is 5.16 Å². The summed E-state index contributed by atoms with van der Waals surface area (Å²) in [6.45, 7) is 6.58. The molecule has 2 N–H and O–H groups in total. The number of nitrogens with two attached hydrogens (primary N) is 1. The molecule has 1 atom stereocenters. The van der Waals surface area contributed by atoms with E-state index in [4.69, 9.17) is 10.3 Å². The molecule has 1 aromatic carbocycles. The molecule has 18 heavy (non-hydrogen) atoms. The summed E-state index contributed by atoms with van der Waals surface area (Å²) in [5, 5.41) is 4.18. The van der Waals surface area contributed by atoms with Crippen LogP contribution in [-0.4, -0.2) is 5.16 Å². The summed E-state index contributed by atoms with van der Waals surface area (Å²) < 4.78 is 5.21. The smallest absolute Gasteiger partial charge is 0.230 e. The van der Waals surface area contributed by atoms with Gasteiger partial charge < -0.3 is 10.3 Å². The Morgan fingerprint density at radius 3 is 2.72 bits per heavy atom. The van der Waals surface area contributed by atoms with Gasteiger partial charge >= 0.3 is 0 Å². The van der Waals surface area contributed by atoms with E-state index in [2.05, 4.69) is 44.1 Å². The molecule has 0 bridgehead atoms. The van der Waals surface area contributed by atoms with Crippen LogP contribution in [-0.2, 0) is 0 Å². The molecule has 1 fully saturated rings. The van der Waals surface area contributed by atoms with Gasteiger partial charge in [-0.3, -0.25) is 0 Å². The number of rotatable bonds is 2. The topological polar surface area (TPSA) is 52.0 Å².